The normalized spacial score (nSPS) is 14.4. The minimum absolute atomic E-state index is 0. The molecule has 2 aromatic rings. The van der Waals surface area contributed by atoms with Gasteiger partial charge in [0.2, 0.25) is 0 Å². The van der Waals surface area contributed by atoms with Crippen molar-refractivity contribution < 1.29 is 13.9 Å². The topological polar surface area (TPSA) is 70.3 Å². The van der Waals surface area contributed by atoms with Crippen molar-refractivity contribution in [3.63, 3.8) is 0 Å². The molecule has 1 fully saturated rings. The van der Waals surface area contributed by atoms with E-state index in [0.717, 1.165) is 43.3 Å². The van der Waals surface area contributed by atoms with Gasteiger partial charge in [-0.3, -0.25) is 9.79 Å². The number of piperazine rings is 1. The van der Waals surface area contributed by atoms with Crippen LogP contribution < -0.4 is 10.1 Å². The molecule has 1 aromatic carbocycles. The fraction of sp³-hybridized carbons (Fsp3) is 0.400. The highest BCUT2D eigenvalue weighted by Gasteiger charge is 2.25. The number of guanidine groups is 1. The number of benzene rings is 1. The van der Waals surface area contributed by atoms with Gasteiger partial charge in [0.05, 0.1) is 13.4 Å². The van der Waals surface area contributed by atoms with Crippen LogP contribution in [0.15, 0.2) is 52.1 Å². The van der Waals surface area contributed by atoms with Crippen molar-refractivity contribution in [3.05, 3.63) is 54.0 Å². The van der Waals surface area contributed by atoms with E-state index in [4.69, 9.17) is 9.15 Å². The molecule has 3 rings (SSSR count). The summed E-state index contributed by atoms with van der Waals surface area (Å²) in [5.41, 5.74) is 1.16. The molecule has 1 amide bonds. The molecule has 1 aliphatic heterocycles. The molecule has 0 atom stereocenters. The second-order valence-electron chi connectivity index (χ2n) is 6.29. The van der Waals surface area contributed by atoms with Crippen LogP contribution in [0.5, 0.6) is 5.75 Å². The van der Waals surface area contributed by atoms with Crippen molar-refractivity contribution in [1.29, 1.82) is 0 Å². The van der Waals surface area contributed by atoms with Crippen LogP contribution in [0.25, 0.3) is 0 Å². The lowest BCUT2D eigenvalue weighted by Crippen LogP contribution is -2.54. The van der Waals surface area contributed by atoms with Crippen molar-refractivity contribution >= 4 is 35.8 Å². The standard InChI is InChI=1S/C20H26N4O3.HI/c1-21-20(22-10-9-16-6-3-4-7-17(16)26-2)24-13-11-23(12-14-24)19(25)18-8-5-15-27-18;/h3-8,15H,9-14H2,1-2H3,(H,21,22);1H. The number of halogens is 1. The summed E-state index contributed by atoms with van der Waals surface area (Å²) in [6.45, 7) is 3.53. The lowest BCUT2D eigenvalue weighted by atomic mass is 10.1. The lowest BCUT2D eigenvalue weighted by Gasteiger charge is -2.36. The minimum atomic E-state index is -0.0567. The van der Waals surface area contributed by atoms with Gasteiger partial charge in [-0.15, -0.1) is 24.0 Å². The number of para-hydroxylation sites is 1. The lowest BCUT2D eigenvalue weighted by molar-refractivity contribution is 0.0658. The molecule has 0 radical (unpaired) electrons. The van der Waals surface area contributed by atoms with E-state index < -0.39 is 0 Å². The highest BCUT2D eigenvalue weighted by atomic mass is 127. The Morgan fingerprint density at radius 2 is 1.86 bits per heavy atom. The second kappa shape index (κ2) is 10.9. The average molecular weight is 498 g/mol. The van der Waals surface area contributed by atoms with E-state index in [1.165, 1.54) is 6.26 Å². The van der Waals surface area contributed by atoms with E-state index in [-0.39, 0.29) is 29.9 Å². The Kier molecular flexibility index (Phi) is 8.62. The van der Waals surface area contributed by atoms with Gasteiger partial charge in [0, 0.05) is 39.8 Å². The van der Waals surface area contributed by atoms with Crippen LogP contribution in [0.4, 0.5) is 0 Å². The van der Waals surface area contributed by atoms with Gasteiger partial charge in [0.15, 0.2) is 11.7 Å². The third kappa shape index (κ3) is 5.40. The highest BCUT2D eigenvalue weighted by Crippen LogP contribution is 2.17. The number of nitrogens with one attached hydrogen (secondary N) is 1. The fourth-order valence-electron chi connectivity index (χ4n) is 3.23. The monoisotopic (exact) mass is 498 g/mol. The summed E-state index contributed by atoms with van der Waals surface area (Å²) in [4.78, 5) is 20.7. The maximum Gasteiger partial charge on any atom is 0.289 e. The number of methoxy groups -OCH3 is 1. The molecule has 1 aliphatic rings. The van der Waals surface area contributed by atoms with Crippen LogP contribution in [0.3, 0.4) is 0 Å². The fourth-order valence-corrected chi connectivity index (χ4v) is 3.23. The molecule has 28 heavy (non-hydrogen) atoms. The first kappa shape index (κ1) is 22.1. The molecule has 152 valence electrons. The number of carbonyl (C=O) groups excluding carboxylic acids is 1. The predicted molar refractivity (Wildman–Crippen MR) is 120 cm³/mol. The molecule has 1 aromatic heterocycles. The molecule has 0 aliphatic carbocycles. The number of aliphatic imine (C=N–C) groups is 1. The van der Waals surface area contributed by atoms with Gasteiger partial charge in [-0.05, 0) is 30.2 Å². The van der Waals surface area contributed by atoms with Crippen molar-refractivity contribution in [2.24, 2.45) is 4.99 Å². The number of carbonyl (C=O) groups is 1. The maximum absolute atomic E-state index is 12.4. The van der Waals surface area contributed by atoms with E-state index >= 15 is 0 Å². The second-order valence-corrected chi connectivity index (χ2v) is 6.29. The summed E-state index contributed by atoms with van der Waals surface area (Å²) in [5.74, 6) is 2.09. The van der Waals surface area contributed by atoms with Gasteiger partial charge in [0.1, 0.15) is 5.75 Å². The molecule has 1 saturated heterocycles. The zero-order valence-electron chi connectivity index (χ0n) is 16.3. The van der Waals surface area contributed by atoms with Crippen molar-refractivity contribution in [2.45, 2.75) is 6.42 Å². The Balaban J connectivity index is 0.00000280. The molecule has 0 unspecified atom stereocenters. The molecule has 0 spiro atoms. The Morgan fingerprint density at radius 3 is 2.50 bits per heavy atom. The van der Waals surface area contributed by atoms with Gasteiger partial charge in [-0.25, -0.2) is 0 Å². The summed E-state index contributed by atoms with van der Waals surface area (Å²) < 4.78 is 10.6. The summed E-state index contributed by atoms with van der Waals surface area (Å²) in [6.07, 6.45) is 2.37. The number of hydrogen-bond donors (Lipinski definition) is 1. The number of amides is 1. The third-order valence-electron chi connectivity index (χ3n) is 4.68. The summed E-state index contributed by atoms with van der Waals surface area (Å²) in [7, 11) is 3.47. The van der Waals surface area contributed by atoms with E-state index in [0.29, 0.717) is 18.8 Å². The minimum Gasteiger partial charge on any atom is -0.496 e. The zero-order valence-corrected chi connectivity index (χ0v) is 18.6. The number of nitrogens with zero attached hydrogens (tertiary/aromatic N) is 3. The first-order valence-corrected chi connectivity index (χ1v) is 9.13. The highest BCUT2D eigenvalue weighted by molar-refractivity contribution is 14.0. The van der Waals surface area contributed by atoms with Crippen LogP contribution >= 0.6 is 24.0 Å². The van der Waals surface area contributed by atoms with Crippen LogP contribution in [-0.4, -0.2) is 68.5 Å². The Morgan fingerprint density at radius 1 is 1.14 bits per heavy atom. The first-order valence-electron chi connectivity index (χ1n) is 9.13. The number of ether oxygens (including phenoxy) is 1. The summed E-state index contributed by atoms with van der Waals surface area (Å²) in [6, 6.07) is 11.5. The van der Waals surface area contributed by atoms with Gasteiger partial charge in [-0.2, -0.15) is 0 Å². The molecular weight excluding hydrogens is 471 g/mol. The molecule has 0 bridgehead atoms. The van der Waals surface area contributed by atoms with E-state index in [1.807, 2.05) is 23.1 Å². The van der Waals surface area contributed by atoms with E-state index in [1.54, 1.807) is 26.3 Å². The smallest absolute Gasteiger partial charge is 0.289 e. The molecule has 8 heteroatoms. The SMILES string of the molecule is CN=C(NCCc1ccccc1OC)N1CCN(C(=O)c2ccco2)CC1.I. The summed E-state index contributed by atoms with van der Waals surface area (Å²) in [5, 5.41) is 3.41. The molecule has 2 heterocycles. The van der Waals surface area contributed by atoms with Crippen LogP contribution in [0, 0.1) is 0 Å². The number of hydrogen-bond acceptors (Lipinski definition) is 4. The molecule has 7 nitrogen and oxygen atoms in total. The van der Waals surface area contributed by atoms with Crippen LogP contribution in [0.2, 0.25) is 0 Å². The van der Waals surface area contributed by atoms with Crippen LogP contribution in [0.1, 0.15) is 16.1 Å². The largest absolute Gasteiger partial charge is 0.496 e. The van der Waals surface area contributed by atoms with Crippen LogP contribution in [-0.2, 0) is 6.42 Å². The Labute approximate surface area is 182 Å². The first-order chi connectivity index (χ1) is 13.2. The van der Waals surface area contributed by atoms with Crippen molar-refractivity contribution in [1.82, 2.24) is 15.1 Å². The molecule has 0 saturated carbocycles. The Bertz CT molecular complexity index is 772. The third-order valence-corrected chi connectivity index (χ3v) is 4.68. The van der Waals surface area contributed by atoms with Crippen molar-refractivity contribution in [3.8, 4) is 5.75 Å². The maximum atomic E-state index is 12.4. The predicted octanol–water partition coefficient (Wildman–Crippen LogP) is 2.48. The van der Waals surface area contributed by atoms with Gasteiger partial charge < -0.3 is 24.3 Å². The zero-order chi connectivity index (χ0) is 19.1. The summed E-state index contributed by atoms with van der Waals surface area (Å²) >= 11 is 0. The average Bonchev–Trinajstić information content (AvgIpc) is 3.26. The van der Waals surface area contributed by atoms with E-state index in [9.17, 15) is 4.79 Å². The van der Waals surface area contributed by atoms with Gasteiger partial charge in [-0.1, -0.05) is 18.2 Å². The number of rotatable bonds is 5. The van der Waals surface area contributed by atoms with Gasteiger partial charge in [0.25, 0.3) is 5.91 Å². The van der Waals surface area contributed by atoms with Gasteiger partial charge >= 0.3 is 0 Å². The molecule has 1 N–H and O–H groups in total. The van der Waals surface area contributed by atoms with Crippen molar-refractivity contribution in [2.75, 3.05) is 46.9 Å². The quantitative estimate of drug-likeness (QED) is 0.390. The number of furan rings is 1. The molecular formula is C20H27IN4O3. The Hall–Kier alpha value is -2.23. The van der Waals surface area contributed by atoms with E-state index in [2.05, 4.69) is 21.3 Å².